The van der Waals surface area contributed by atoms with Gasteiger partial charge in [0.15, 0.2) is 17.5 Å². The van der Waals surface area contributed by atoms with Gasteiger partial charge in [-0.05, 0) is 42.5 Å². The van der Waals surface area contributed by atoms with Crippen molar-refractivity contribution in [2.45, 2.75) is 26.3 Å². The normalized spacial score (nSPS) is 15.5. The molecule has 0 unspecified atom stereocenters. The molecule has 162 valence electrons. The molecule has 30 heavy (non-hydrogen) atoms. The zero-order valence-electron chi connectivity index (χ0n) is 17.0. The van der Waals surface area contributed by atoms with E-state index in [4.69, 9.17) is 9.47 Å². The molecule has 0 aliphatic carbocycles. The van der Waals surface area contributed by atoms with Crippen LogP contribution in [-0.2, 0) is 17.8 Å². The molecule has 0 radical (unpaired) electrons. The highest BCUT2D eigenvalue weighted by molar-refractivity contribution is 14.0. The molecule has 0 bridgehead atoms. The van der Waals surface area contributed by atoms with Crippen LogP contribution in [0.5, 0.6) is 11.5 Å². The maximum Gasteiger partial charge on any atom is 0.244 e. The van der Waals surface area contributed by atoms with Crippen LogP contribution in [0.15, 0.2) is 34.6 Å². The number of nitrogens with one attached hydrogen (secondary N) is 2. The van der Waals surface area contributed by atoms with E-state index >= 15 is 0 Å². The Balaban J connectivity index is 0.00000256. The summed E-state index contributed by atoms with van der Waals surface area (Å²) in [7, 11) is 0. The van der Waals surface area contributed by atoms with Crippen LogP contribution in [0.4, 0.5) is 5.69 Å². The number of halogens is 1. The Labute approximate surface area is 197 Å². The lowest BCUT2D eigenvalue weighted by atomic mass is 10.1. The molecule has 2 aliphatic heterocycles. The number of fused-ring (bicyclic) bond motifs is 2. The molecule has 3 heterocycles. The maximum absolute atomic E-state index is 12.7. The number of thiophene rings is 1. The summed E-state index contributed by atoms with van der Waals surface area (Å²) in [6, 6.07) is 7.82. The molecule has 2 N–H and O–H groups in total. The Morgan fingerprint density at radius 2 is 2.07 bits per heavy atom. The van der Waals surface area contributed by atoms with Crippen LogP contribution in [0, 0.1) is 0 Å². The number of rotatable bonds is 4. The van der Waals surface area contributed by atoms with E-state index in [0.29, 0.717) is 32.3 Å². The fourth-order valence-electron chi connectivity index (χ4n) is 3.39. The van der Waals surface area contributed by atoms with Gasteiger partial charge >= 0.3 is 0 Å². The minimum absolute atomic E-state index is 0. The predicted molar refractivity (Wildman–Crippen MR) is 131 cm³/mol. The molecular formula is C21H27IN4O3S. The molecule has 9 heteroatoms. The van der Waals surface area contributed by atoms with Gasteiger partial charge in [0.1, 0.15) is 6.54 Å². The topological polar surface area (TPSA) is 75.2 Å². The number of anilines is 1. The van der Waals surface area contributed by atoms with Crippen molar-refractivity contribution < 1.29 is 14.3 Å². The fourth-order valence-corrected chi connectivity index (χ4v) is 4.28. The number of carbonyl (C=O) groups is 1. The minimum atomic E-state index is 0. The summed E-state index contributed by atoms with van der Waals surface area (Å²) >= 11 is 1.77. The van der Waals surface area contributed by atoms with Crippen molar-refractivity contribution >= 4 is 52.9 Å². The van der Waals surface area contributed by atoms with Crippen molar-refractivity contribution in [3.05, 3.63) is 40.1 Å². The fraction of sp³-hybridized carbons (Fsp3) is 0.429. The van der Waals surface area contributed by atoms with Gasteiger partial charge < -0.3 is 25.0 Å². The van der Waals surface area contributed by atoms with Crippen molar-refractivity contribution in [3.8, 4) is 11.5 Å². The van der Waals surface area contributed by atoms with Crippen LogP contribution in [0.1, 0.15) is 23.8 Å². The number of aliphatic imine (C=N–C) groups is 1. The highest BCUT2D eigenvalue weighted by atomic mass is 127. The minimum Gasteiger partial charge on any atom is -0.490 e. The Morgan fingerprint density at radius 1 is 1.23 bits per heavy atom. The molecule has 1 amide bonds. The molecule has 4 rings (SSSR count). The number of ether oxygens (including phenoxy) is 2. The lowest BCUT2D eigenvalue weighted by Crippen LogP contribution is -2.38. The number of benzene rings is 1. The monoisotopic (exact) mass is 542 g/mol. The van der Waals surface area contributed by atoms with Crippen molar-refractivity contribution in [1.29, 1.82) is 0 Å². The van der Waals surface area contributed by atoms with Gasteiger partial charge in [0.2, 0.25) is 5.91 Å². The molecule has 0 saturated carbocycles. The third-order valence-corrected chi connectivity index (χ3v) is 5.91. The van der Waals surface area contributed by atoms with Gasteiger partial charge in [0.25, 0.3) is 0 Å². The molecule has 7 nitrogen and oxygen atoms in total. The summed E-state index contributed by atoms with van der Waals surface area (Å²) < 4.78 is 11.4. The number of carbonyl (C=O) groups excluding carboxylic acids is 1. The van der Waals surface area contributed by atoms with Crippen LogP contribution in [0.25, 0.3) is 0 Å². The Morgan fingerprint density at radius 3 is 2.90 bits per heavy atom. The molecule has 0 atom stereocenters. The second-order valence-corrected chi connectivity index (χ2v) is 7.97. The third-order valence-electron chi connectivity index (χ3n) is 4.89. The highest BCUT2D eigenvalue weighted by Crippen LogP contribution is 2.32. The lowest BCUT2D eigenvalue weighted by molar-refractivity contribution is -0.130. The second-order valence-electron chi connectivity index (χ2n) is 6.97. The van der Waals surface area contributed by atoms with Gasteiger partial charge in [0.05, 0.1) is 13.2 Å². The first-order valence-electron chi connectivity index (χ1n) is 10.0. The van der Waals surface area contributed by atoms with Crippen molar-refractivity contribution in [2.75, 3.05) is 38.2 Å². The van der Waals surface area contributed by atoms with E-state index in [1.165, 1.54) is 10.4 Å². The molecule has 1 aromatic heterocycles. The highest BCUT2D eigenvalue weighted by Gasteiger charge is 2.21. The van der Waals surface area contributed by atoms with Gasteiger partial charge in [-0.2, -0.15) is 0 Å². The smallest absolute Gasteiger partial charge is 0.244 e. The first kappa shape index (κ1) is 22.7. The summed E-state index contributed by atoms with van der Waals surface area (Å²) in [5.74, 6) is 2.09. The third kappa shape index (κ3) is 5.57. The maximum atomic E-state index is 12.7. The van der Waals surface area contributed by atoms with E-state index in [1.54, 1.807) is 11.3 Å². The lowest BCUT2D eigenvalue weighted by Gasteiger charge is -2.26. The number of amides is 1. The zero-order valence-corrected chi connectivity index (χ0v) is 20.1. The Hall–Kier alpha value is -2.01. The van der Waals surface area contributed by atoms with E-state index in [0.717, 1.165) is 36.6 Å². The van der Waals surface area contributed by atoms with Crippen molar-refractivity contribution in [1.82, 2.24) is 10.2 Å². The summed E-state index contributed by atoms with van der Waals surface area (Å²) in [4.78, 5) is 20.4. The molecule has 0 spiro atoms. The molecule has 2 aromatic rings. The first-order valence-corrected chi connectivity index (χ1v) is 10.9. The standard InChI is InChI=1S/C21H26N4O3S.HI/c1-2-22-21(24-16-4-5-17-18(12-16)28-10-3-9-27-17)23-13-20(26)25-8-6-19-15(14-25)7-11-29-19;/h4-5,7,11-12H,2-3,6,8-10,13-14H2,1H3,(H2,22,23,24);1H. The van der Waals surface area contributed by atoms with E-state index in [-0.39, 0.29) is 36.4 Å². The van der Waals surface area contributed by atoms with Gasteiger partial charge in [-0.15, -0.1) is 35.3 Å². The molecule has 2 aliphatic rings. The first-order chi connectivity index (χ1) is 14.2. The van der Waals surface area contributed by atoms with Gasteiger partial charge in [-0.1, -0.05) is 0 Å². The van der Waals surface area contributed by atoms with Gasteiger partial charge in [-0.25, -0.2) is 4.99 Å². The molecule has 1 aromatic carbocycles. The summed E-state index contributed by atoms with van der Waals surface area (Å²) in [6.45, 7) is 5.55. The number of hydrogen-bond acceptors (Lipinski definition) is 5. The van der Waals surface area contributed by atoms with Gasteiger partial charge in [0, 0.05) is 42.7 Å². The average molecular weight is 542 g/mol. The largest absolute Gasteiger partial charge is 0.490 e. The average Bonchev–Trinajstić information content (AvgIpc) is 3.08. The van der Waals surface area contributed by atoms with Crippen LogP contribution >= 0.6 is 35.3 Å². The predicted octanol–water partition coefficient (Wildman–Crippen LogP) is 3.49. The van der Waals surface area contributed by atoms with Crippen LogP contribution in [0.3, 0.4) is 0 Å². The van der Waals surface area contributed by atoms with Crippen LogP contribution in [-0.4, -0.2) is 49.6 Å². The Kier molecular flexibility index (Phi) is 8.20. The van der Waals surface area contributed by atoms with Gasteiger partial charge in [-0.3, -0.25) is 4.79 Å². The number of guanidine groups is 1. The van der Waals surface area contributed by atoms with E-state index in [1.807, 2.05) is 30.0 Å². The van der Waals surface area contributed by atoms with E-state index < -0.39 is 0 Å². The van der Waals surface area contributed by atoms with Crippen LogP contribution < -0.4 is 20.1 Å². The van der Waals surface area contributed by atoms with Crippen LogP contribution in [0.2, 0.25) is 0 Å². The second kappa shape index (κ2) is 10.9. The van der Waals surface area contributed by atoms with E-state index in [9.17, 15) is 4.79 Å². The molecule has 0 saturated heterocycles. The Bertz CT molecular complexity index is 902. The number of nitrogens with zero attached hydrogens (tertiary/aromatic N) is 2. The molecule has 0 fully saturated rings. The number of hydrogen-bond donors (Lipinski definition) is 2. The zero-order chi connectivity index (χ0) is 20.1. The quantitative estimate of drug-likeness (QED) is 0.352. The molecular weight excluding hydrogens is 515 g/mol. The SMILES string of the molecule is CCNC(=NCC(=O)N1CCc2sccc2C1)Nc1ccc2c(c1)OCCCO2.I. The summed E-state index contributed by atoms with van der Waals surface area (Å²) in [5, 5.41) is 8.54. The summed E-state index contributed by atoms with van der Waals surface area (Å²) in [6.07, 6.45) is 1.80. The summed E-state index contributed by atoms with van der Waals surface area (Å²) in [5.41, 5.74) is 2.10. The van der Waals surface area contributed by atoms with Crippen molar-refractivity contribution in [3.63, 3.8) is 0 Å². The van der Waals surface area contributed by atoms with E-state index in [2.05, 4.69) is 27.1 Å². The van der Waals surface area contributed by atoms with Crippen molar-refractivity contribution in [2.24, 2.45) is 4.99 Å².